The van der Waals surface area contributed by atoms with Crippen LogP contribution < -0.4 is 4.74 Å². The molecule has 1 aliphatic rings. The minimum Gasteiger partial charge on any atom is -0.507 e. The highest BCUT2D eigenvalue weighted by Gasteiger charge is 2.45. The van der Waals surface area contributed by atoms with Crippen LogP contribution in [0.4, 0.5) is 4.39 Å². The summed E-state index contributed by atoms with van der Waals surface area (Å²) in [4.78, 5) is 29.9. The fourth-order valence-corrected chi connectivity index (χ4v) is 4.50. The van der Waals surface area contributed by atoms with E-state index in [2.05, 4.69) is 4.90 Å². The van der Waals surface area contributed by atoms with Gasteiger partial charge in [-0.15, -0.1) is 0 Å². The molecule has 3 aromatic carbocycles. The monoisotopic (exact) mass is 502 g/mol. The Kier molecular flexibility index (Phi) is 8.36. The Labute approximate surface area is 216 Å². The van der Waals surface area contributed by atoms with Gasteiger partial charge in [0.05, 0.1) is 11.6 Å². The number of hydrogen-bond donors (Lipinski definition) is 1. The summed E-state index contributed by atoms with van der Waals surface area (Å²) in [6, 6.07) is 21.3. The molecular formula is C30H31FN2O4. The summed E-state index contributed by atoms with van der Waals surface area (Å²) in [6.07, 6.45) is 0. The SMILES string of the molecule is CCN(CC)CCN1C(=O)C(=O)C(=C(O)c2ccc(OCc3ccccc3)cc2)[C@H]1c1ccc(F)cc1. The van der Waals surface area contributed by atoms with Gasteiger partial charge in [0.1, 0.15) is 23.9 Å². The number of nitrogens with zero attached hydrogens (tertiary/aromatic N) is 2. The van der Waals surface area contributed by atoms with Crippen LogP contribution in [-0.2, 0) is 16.2 Å². The number of carbonyl (C=O) groups excluding carboxylic acids is 2. The van der Waals surface area contributed by atoms with E-state index in [4.69, 9.17) is 4.74 Å². The highest BCUT2D eigenvalue weighted by molar-refractivity contribution is 6.46. The molecule has 0 bridgehead atoms. The van der Waals surface area contributed by atoms with Crippen molar-refractivity contribution in [2.75, 3.05) is 26.2 Å². The Morgan fingerprint density at radius 3 is 2.22 bits per heavy atom. The molecule has 0 aliphatic carbocycles. The van der Waals surface area contributed by atoms with Crippen LogP contribution in [0.15, 0.2) is 84.4 Å². The molecule has 1 heterocycles. The summed E-state index contributed by atoms with van der Waals surface area (Å²) in [5.41, 5.74) is 1.97. The van der Waals surface area contributed by atoms with Crippen molar-refractivity contribution in [3.05, 3.63) is 107 Å². The average molecular weight is 503 g/mol. The summed E-state index contributed by atoms with van der Waals surface area (Å²) < 4.78 is 19.5. The first-order chi connectivity index (χ1) is 17.9. The third kappa shape index (κ3) is 5.89. The second-order valence-electron chi connectivity index (χ2n) is 8.87. The van der Waals surface area contributed by atoms with Crippen LogP contribution in [-0.4, -0.2) is 52.8 Å². The molecule has 0 unspecified atom stereocenters. The van der Waals surface area contributed by atoms with Crippen molar-refractivity contribution in [3.63, 3.8) is 0 Å². The van der Waals surface area contributed by atoms with Gasteiger partial charge >= 0.3 is 0 Å². The molecule has 6 nitrogen and oxygen atoms in total. The zero-order valence-electron chi connectivity index (χ0n) is 21.1. The lowest BCUT2D eigenvalue weighted by Gasteiger charge is -2.28. The van der Waals surface area contributed by atoms with E-state index in [1.807, 2.05) is 44.2 Å². The Bertz CT molecular complexity index is 1250. The second kappa shape index (κ2) is 11.8. The molecule has 1 saturated heterocycles. The second-order valence-corrected chi connectivity index (χ2v) is 8.87. The first-order valence-electron chi connectivity index (χ1n) is 12.5. The lowest BCUT2D eigenvalue weighted by atomic mass is 9.95. The maximum Gasteiger partial charge on any atom is 0.295 e. The van der Waals surface area contributed by atoms with Gasteiger partial charge < -0.3 is 19.6 Å². The molecule has 7 heteroatoms. The van der Waals surface area contributed by atoms with Crippen LogP contribution in [0.5, 0.6) is 5.75 Å². The van der Waals surface area contributed by atoms with Crippen molar-refractivity contribution in [3.8, 4) is 5.75 Å². The third-order valence-corrected chi connectivity index (χ3v) is 6.65. The van der Waals surface area contributed by atoms with Gasteiger partial charge in [-0.3, -0.25) is 9.59 Å². The molecule has 3 aromatic rings. The van der Waals surface area contributed by atoms with Crippen molar-refractivity contribution in [1.29, 1.82) is 0 Å². The Morgan fingerprint density at radius 1 is 0.946 bits per heavy atom. The molecule has 0 aromatic heterocycles. The van der Waals surface area contributed by atoms with Crippen LogP contribution >= 0.6 is 0 Å². The number of ketones is 1. The summed E-state index contributed by atoms with van der Waals surface area (Å²) in [5, 5.41) is 11.2. The van der Waals surface area contributed by atoms with Crippen LogP contribution in [0.3, 0.4) is 0 Å². The van der Waals surface area contributed by atoms with Gasteiger partial charge in [0.15, 0.2) is 0 Å². The molecule has 1 amide bonds. The van der Waals surface area contributed by atoms with E-state index < -0.39 is 23.5 Å². The van der Waals surface area contributed by atoms with Crippen molar-refractivity contribution in [2.24, 2.45) is 0 Å². The smallest absolute Gasteiger partial charge is 0.295 e. The maximum absolute atomic E-state index is 13.7. The summed E-state index contributed by atoms with van der Waals surface area (Å²) in [7, 11) is 0. The summed E-state index contributed by atoms with van der Waals surface area (Å²) in [6.45, 7) is 6.95. The van der Waals surface area contributed by atoms with Gasteiger partial charge in [-0.05, 0) is 60.6 Å². The van der Waals surface area contributed by atoms with E-state index in [9.17, 15) is 19.1 Å². The highest BCUT2D eigenvalue weighted by atomic mass is 19.1. The first-order valence-corrected chi connectivity index (χ1v) is 12.5. The standard InChI is InChI=1S/C30H31FN2O4/c1-3-32(4-2)18-19-33-27(22-10-14-24(31)15-11-22)26(29(35)30(33)36)28(34)23-12-16-25(17-13-23)37-20-21-8-6-5-7-9-21/h5-17,27,34H,3-4,18-20H2,1-2H3/t27-/m1/s1. The topological polar surface area (TPSA) is 70.1 Å². The van der Waals surface area contributed by atoms with Gasteiger partial charge in [-0.2, -0.15) is 0 Å². The van der Waals surface area contributed by atoms with Gasteiger partial charge in [-0.1, -0.05) is 56.3 Å². The van der Waals surface area contributed by atoms with Gasteiger partial charge in [0, 0.05) is 18.7 Å². The van der Waals surface area contributed by atoms with E-state index in [0.717, 1.165) is 18.7 Å². The molecule has 1 fully saturated rings. The fraction of sp³-hybridized carbons (Fsp3) is 0.267. The fourth-order valence-electron chi connectivity index (χ4n) is 4.50. The minimum atomic E-state index is -0.815. The Hall–Kier alpha value is -3.97. The lowest BCUT2D eigenvalue weighted by molar-refractivity contribution is -0.140. The molecule has 0 spiro atoms. The summed E-state index contributed by atoms with van der Waals surface area (Å²) in [5.74, 6) is -1.51. The predicted molar refractivity (Wildman–Crippen MR) is 140 cm³/mol. The molecule has 0 radical (unpaired) electrons. The number of rotatable bonds is 10. The van der Waals surface area contributed by atoms with Crippen molar-refractivity contribution < 1.29 is 23.8 Å². The average Bonchev–Trinajstić information content (AvgIpc) is 3.18. The van der Waals surface area contributed by atoms with Gasteiger partial charge in [0.2, 0.25) is 0 Å². The Morgan fingerprint density at radius 2 is 1.59 bits per heavy atom. The van der Waals surface area contributed by atoms with Crippen molar-refractivity contribution in [1.82, 2.24) is 9.80 Å². The van der Waals surface area contributed by atoms with Crippen molar-refractivity contribution in [2.45, 2.75) is 26.5 Å². The van der Waals surface area contributed by atoms with E-state index in [0.29, 0.717) is 36.6 Å². The molecule has 1 aliphatic heterocycles. The number of amides is 1. The molecule has 192 valence electrons. The van der Waals surface area contributed by atoms with E-state index in [-0.39, 0.29) is 11.3 Å². The Balaban J connectivity index is 1.64. The van der Waals surface area contributed by atoms with Crippen LogP contribution in [0.2, 0.25) is 0 Å². The molecule has 37 heavy (non-hydrogen) atoms. The zero-order valence-corrected chi connectivity index (χ0v) is 21.1. The van der Waals surface area contributed by atoms with E-state index >= 15 is 0 Å². The lowest BCUT2D eigenvalue weighted by Crippen LogP contribution is -2.38. The number of ether oxygens (including phenoxy) is 1. The number of hydrogen-bond acceptors (Lipinski definition) is 5. The van der Waals surface area contributed by atoms with Crippen LogP contribution in [0.25, 0.3) is 5.76 Å². The number of likely N-dealkylation sites (tertiary alicyclic amines) is 1. The van der Waals surface area contributed by atoms with Crippen LogP contribution in [0.1, 0.15) is 36.6 Å². The number of carbonyl (C=O) groups is 2. The van der Waals surface area contributed by atoms with E-state index in [1.165, 1.54) is 17.0 Å². The number of halogens is 1. The third-order valence-electron chi connectivity index (χ3n) is 6.65. The quantitative estimate of drug-likeness (QED) is 0.235. The van der Waals surface area contributed by atoms with Gasteiger partial charge in [0.25, 0.3) is 11.7 Å². The molecular weight excluding hydrogens is 471 g/mol. The normalized spacial score (nSPS) is 17.0. The zero-order chi connectivity index (χ0) is 26.4. The van der Waals surface area contributed by atoms with E-state index in [1.54, 1.807) is 36.4 Å². The number of aliphatic hydroxyl groups excluding tert-OH is 1. The maximum atomic E-state index is 13.7. The largest absolute Gasteiger partial charge is 0.507 e. The summed E-state index contributed by atoms with van der Waals surface area (Å²) >= 11 is 0. The number of benzene rings is 3. The molecule has 4 rings (SSSR count). The molecule has 0 saturated carbocycles. The van der Waals surface area contributed by atoms with Gasteiger partial charge in [-0.25, -0.2) is 4.39 Å². The van der Waals surface area contributed by atoms with Crippen LogP contribution in [0, 0.1) is 5.82 Å². The minimum absolute atomic E-state index is 0.00545. The first kappa shape index (κ1) is 26.1. The predicted octanol–water partition coefficient (Wildman–Crippen LogP) is 5.17. The van der Waals surface area contributed by atoms with Crippen molar-refractivity contribution >= 4 is 17.4 Å². The number of aliphatic hydroxyl groups is 1. The highest BCUT2D eigenvalue weighted by Crippen LogP contribution is 2.39. The number of Topliss-reactive ketones (excluding diaryl/α,β-unsaturated/α-hetero) is 1. The molecule has 1 N–H and O–H groups in total. The number of likely N-dealkylation sites (N-methyl/N-ethyl adjacent to an activating group) is 1. The molecule has 1 atom stereocenters.